The second-order valence-corrected chi connectivity index (χ2v) is 9.20. The van der Waals surface area contributed by atoms with Gasteiger partial charge in [-0.25, -0.2) is 0 Å². The molecule has 0 aromatic heterocycles. The molecule has 2 amide bonds. The summed E-state index contributed by atoms with van der Waals surface area (Å²) in [6.45, 7) is 4.71. The highest BCUT2D eigenvalue weighted by atomic mass is 127. The first-order valence-corrected chi connectivity index (χ1v) is 9.82. The zero-order valence-electron chi connectivity index (χ0n) is 13.6. The van der Waals surface area contributed by atoms with Gasteiger partial charge in [0, 0.05) is 0 Å². The molecule has 2 rings (SSSR count). The van der Waals surface area contributed by atoms with E-state index < -0.39 is 29.3 Å². The van der Waals surface area contributed by atoms with Crippen molar-refractivity contribution < 1.29 is 24.2 Å². The number of phenols is 1. The van der Waals surface area contributed by atoms with Crippen LogP contribution in [0.4, 0.5) is 4.79 Å². The maximum absolute atomic E-state index is 12.4. The van der Waals surface area contributed by atoms with Crippen molar-refractivity contribution in [3.63, 3.8) is 0 Å². The maximum Gasteiger partial charge on any atom is 0.326 e. The summed E-state index contributed by atoms with van der Waals surface area (Å²) in [6.07, 6.45) is 1.55. The fraction of sp³-hybridized carbons (Fsp3) is 0.312. The van der Waals surface area contributed by atoms with Crippen molar-refractivity contribution in [3.8, 4) is 5.75 Å². The number of ether oxygens (including phenoxy) is 1. The number of halogens is 2. The van der Waals surface area contributed by atoms with Crippen LogP contribution >= 0.6 is 50.3 Å². The summed E-state index contributed by atoms with van der Waals surface area (Å²) in [5.41, 5.74) is -0.0409. The van der Waals surface area contributed by atoms with E-state index >= 15 is 0 Å². The Hall–Kier alpha value is -1.07. The average Bonchev–Trinajstić information content (AvgIpc) is 2.70. The van der Waals surface area contributed by atoms with Crippen molar-refractivity contribution >= 4 is 73.5 Å². The number of esters is 1. The van der Waals surface area contributed by atoms with Gasteiger partial charge < -0.3 is 9.84 Å². The molecule has 1 saturated heterocycles. The van der Waals surface area contributed by atoms with Gasteiger partial charge in [0.15, 0.2) is 0 Å². The van der Waals surface area contributed by atoms with Gasteiger partial charge in [-0.05, 0) is 94.8 Å². The number of hydrogen-bond donors (Lipinski definition) is 1. The summed E-state index contributed by atoms with van der Waals surface area (Å²) < 4.78 is 6.23. The molecule has 0 saturated carbocycles. The molecule has 0 bridgehead atoms. The lowest BCUT2D eigenvalue weighted by molar-refractivity contribution is -0.156. The SMILES string of the molecule is CC(C)(C)OC(=O)CN1C(=O)SC(=Cc2cc(Br)c(O)c(I)c2)C1=O. The third-order valence-electron chi connectivity index (χ3n) is 2.92. The highest BCUT2D eigenvalue weighted by Gasteiger charge is 2.37. The Morgan fingerprint density at radius 1 is 1.40 bits per heavy atom. The second kappa shape index (κ2) is 7.67. The molecule has 25 heavy (non-hydrogen) atoms. The Balaban J connectivity index is 2.19. The van der Waals surface area contributed by atoms with Crippen molar-refractivity contribution in [1.29, 1.82) is 0 Å². The van der Waals surface area contributed by atoms with Gasteiger partial charge in [-0.1, -0.05) is 0 Å². The minimum absolute atomic E-state index is 0.107. The normalized spacial score (nSPS) is 16.7. The minimum atomic E-state index is -0.691. The van der Waals surface area contributed by atoms with E-state index in [2.05, 4.69) is 15.9 Å². The van der Waals surface area contributed by atoms with Gasteiger partial charge in [-0.3, -0.25) is 19.3 Å². The van der Waals surface area contributed by atoms with Crippen LogP contribution in [0.1, 0.15) is 26.3 Å². The number of rotatable bonds is 3. The van der Waals surface area contributed by atoms with Crippen LogP contribution in [0.25, 0.3) is 6.08 Å². The summed E-state index contributed by atoms with van der Waals surface area (Å²) in [7, 11) is 0. The molecule has 1 heterocycles. The average molecular weight is 540 g/mol. The van der Waals surface area contributed by atoms with Gasteiger partial charge in [-0.15, -0.1) is 0 Å². The molecule has 0 atom stereocenters. The van der Waals surface area contributed by atoms with E-state index in [4.69, 9.17) is 4.74 Å². The van der Waals surface area contributed by atoms with E-state index in [1.807, 2.05) is 22.6 Å². The van der Waals surface area contributed by atoms with E-state index in [-0.39, 0.29) is 10.7 Å². The first-order valence-electron chi connectivity index (χ1n) is 7.13. The zero-order valence-corrected chi connectivity index (χ0v) is 18.2. The number of thioether (sulfide) groups is 1. The van der Waals surface area contributed by atoms with Crippen molar-refractivity contribution in [2.75, 3.05) is 6.54 Å². The number of phenolic OH excluding ortho intramolecular Hbond substituents is 1. The molecular weight excluding hydrogens is 525 g/mol. The third-order valence-corrected chi connectivity index (χ3v) is 5.25. The van der Waals surface area contributed by atoms with E-state index in [0.717, 1.165) is 16.7 Å². The molecule has 0 radical (unpaired) electrons. The fourth-order valence-corrected chi connectivity index (χ4v) is 4.30. The first kappa shape index (κ1) is 20.2. The quantitative estimate of drug-likeness (QED) is 0.353. The Morgan fingerprint density at radius 2 is 2.04 bits per heavy atom. The van der Waals surface area contributed by atoms with Crippen LogP contribution in [0.5, 0.6) is 5.75 Å². The highest BCUT2D eigenvalue weighted by molar-refractivity contribution is 14.1. The minimum Gasteiger partial charge on any atom is -0.506 e. The van der Waals surface area contributed by atoms with Crippen LogP contribution < -0.4 is 0 Å². The number of nitrogens with zero attached hydrogens (tertiary/aromatic N) is 1. The third kappa shape index (κ3) is 5.20. The molecule has 6 nitrogen and oxygen atoms in total. The van der Waals surface area contributed by atoms with Crippen LogP contribution in [-0.4, -0.2) is 39.3 Å². The van der Waals surface area contributed by atoms with Crippen LogP contribution in [0.15, 0.2) is 21.5 Å². The molecule has 9 heteroatoms. The Kier molecular flexibility index (Phi) is 6.21. The van der Waals surface area contributed by atoms with Crippen LogP contribution in [0, 0.1) is 3.57 Å². The van der Waals surface area contributed by atoms with Gasteiger partial charge >= 0.3 is 5.97 Å². The van der Waals surface area contributed by atoms with E-state index in [9.17, 15) is 19.5 Å². The summed E-state index contributed by atoms with van der Waals surface area (Å²) >= 11 is 5.96. The summed E-state index contributed by atoms with van der Waals surface area (Å²) in [5.74, 6) is -1.08. The van der Waals surface area contributed by atoms with Gasteiger partial charge in [0.2, 0.25) is 0 Å². The number of aromatic hydroxyl groups is 1. The van der Waals surface area contributed by atoms with Crippen molar-refractivity contribution in [3.05, 3.63) is 30.6 Å². The predicted molar refractivity (Wildman–Crippen MR) is 107 cm³/mol. The molecule has 0 aliphatic carbocycles. The van der Waals surface area contributed by atoms with E-state index in [0.29, 0.717) is 13.6 Å². The van der Waals surface area contributed by atoms with Crippen molar-refractivity contribution in [1.82, 2.24) is 4.90 Å². The number of imide groups is 1. The predicted octanol–water partition coefficient (Wildman–Crippen LogP) is 4.14. The van der Waals surface area contributed by atoms with Gasteiger partial charge in [0.1, 0.15) is 17.9 Å². The van der Waals surface area contributed by atoms with Gasteiger partial charge in [-0.2, -0.15) is 0 Å². The topological polar surface area (TPSA) is 83.9 Å². The smallest absolute Gasteiger partial charge is 0.326 e. The number of carbonyl (C=O) groups is 3. The molecule has 1 N–H and O–H groups in total. The van der Waals surface area contributed by atoms with Gasteiger partial charge in [0.25, 0.3) is 11.1 Å². The van der Waals surface area contributed by atoms with Crippen LogP contribution in [-0.2, 0) is 14.3 Å². The number of benzene rings is 1. The Bertz CT molecular complexity index is 764. The number of amides is 2. The fourth-order valence-electron chi connectivity index (χ4n) is 1.96. The molecule has 134 valence electrons. The van der Waals surface area contributed by atoms with Crippen molar-refractivity contribution in [2.45, 2.75) is 26.4 Å². The summed E-state index contributed by atoms with van der Waals surface area (Å²) in [4.78, 5) is 37.4. The summed E-state index contributed by atoms with van der Waals surface area (Å²) in [6, 6.07) is 3.32. The monoisotopic (exact) mass is 539 g/mol. The lowest BCUT2D eigenvalue weighted by Crippen LogP contribution is -2.37. The molecule has 0 spiro atoms. The molecule has 1 fully saturated rings. The molecule has 0 unspecified atom stereocenters. The Labute approximate surface area is 171 Å². The van der Waals surface area contributed by atoms with E-state index in [1.54, 1.807) is 39.0 Å². The molecule has 1 aromatic carbocycles. The first-order chi connectivity index (χ1) is 11.5. The largest absolute Gasteiger partial charge is 0.506 e. The molecular formula is C16H15BrINO5S. The standard InChI is InChI=1S/C16H15BrINO5S/c1-16(2,3)24-12(20)7-19-14(22)11(25-15(19)23)6-8-4-9(17)13(21)10(18)5-8/h4-6,21H,7H2,1-3H3. The number of carbonyl (C=O) groups excluding carboxylic acids is 3. The lowest BCUT2D eigenvalue weighted by Gasteiger charge is -2.21. The lowest BCUT2D eigenvalue weighted by atomic mass is 10.2. The molecule has 1 aliphatic heterocycles. The highest BCUT2D eigenvalue weighted by Crippen LogP contribution is 2.35. The van der Waals surface area contributed by atoms with E-state index in [1.165, 1.54) is 0 Å². The van der Waals surface area contributed by atoms with Gasteiger partial charge in [0.05, 0.1) is 12.9 Å². The molecule has 1 aliphatic rings. The molecule has 1 aromatic rings. The summed E-state index contributed by atoms with van der Waals surface area (Å²) in [5, 5.41) is 9.24. The van der Waals surface area contributed by atoms with Crippen LogP contribution in [0.2, 0.25) is 0 Å². The Morgan fingerprint density at radius 3 is 2.60 bits per heavy atom. The second-order valence-electron chi connectivity index (χ2n) is 6.19. The maximum atomic E-state index is 12.4. The zero-order chi connectivity index (χ0) is 18.9. The number of hydrogen-bond acceptors (Lipinski definition) is 6. The van der Waals surface area contributed by atoms with Crippen LogP contribution in [0.3, 0.4) is 0 Å². The van der Waals surface area contributed by atoms with Crippen molar-refractivity contribution in [2.24, 2.45) is 0 Å².